The van der Waals surface area contributed by atoms with E-state index in [4.69, 9.17) is 0 Å². The van der Waals surface area contributed by atoms with Crippen LogP contribution >= 0.6 is 0 Å². The van der Waals surface area contributed by atoms with Gasteiger partial charge in [-0.15, -0.1) is 0 Å². The monoisotopic (exact) mass is 195 g/mol. The van der Waals surface area contributed by atoms with Crippen molar-refractivity contribution >= 4 is 0 Å². The molecule has 0 radical (unpaired) electrons. The van der Waals surface area contributed by atoms with Gasteiger partial charge in [0.1, 0.15) is 0 Å². The van der Waals surface area contributed by atoms with Gasteiger partial charge in [-0.1, -0.05) is 0 Å². The Morgan fingerprint density at radius 2 is 2.50 bits per heavy atom. The molecule has 1 aromatic heterocycles. The molecular formula is C10H17N3O. The van der Waals surface area contributed by atoms with Crippen LogP contribution in [0.25, 0.3) is 0 Å². The van der Waals surface area contributed by atoms with Gasteiger partial charge in [-0.05, 0) is 19.3 Å². The first-order valence-electron chi connectivity index (χ1n) is 5.14. The number of aryl methyl sites for hydroxylation is 1. The third-order valence-electron chi connectivity index (χ3n) is 2.81. The molecule has 0 bridgehead atoms. The summed E-state index contributed by atoms with van der Waals surface area (Å²) in [6, 6.07) is 0.273. The van der Waals surface area contributed by atoms with Gasteiger partial charge in [0.2, 0.25) is 0 Å². The molecule has 4 heteroatoms. The zero-order valence-electron chi connectivity index (χ0n) is 8.48. The number of aromatic nitrogens is 2. The van der Waals surface area contributed by atoms with E-state index in [-0.39, 0.29) is 12.1 Å². The summed E-state index contributed by atoms with van der Waals surface area (Å²) in [5.41, 5.74) is 1.17. The fourth-order valence-corrected chi connectivity index (χ4v) is 1.99. The Bertz CT molecular complexity index is 297. The van der Waals surface area contributed by atoms with Crippen molar-refractivity contribution in [2.75, 3.05) is 0 Å². The third-order valence-corrected chi connectivity index (χ3v) is 2.81. The lowest BCUT2D eigenvalue weighted by molar-refractivity contribution is 0.148. The van der Waals surface area contributed by atoms with E-state index in [0.29, 0.717) is 0 Å². The van der Waals surface area contributed by atoms with E-state index in [2.05, 4.69) is 10.4 Å². The van der Waals surface area contributed by atoms with Crippen molar-refractivity contribution in [3.63, 3.8) is 0 Å². The van der Waals surface area contributed by atoms with Crippen molar-refractivity contribution in [2.24, 2.45) is 7.05 Å². The molecule has 0 amide bonds. The highest BCUT2D eigenvalue weighted by molar-refractivity contribution is 5.03. The van der Waals surface area contributed by atoms with Crippen molar-refractivity contribution in [2.45, 2.75) is 38.0 Å². The first-order valence-corrected chi connectivity index (χ1v) is 5.14. The Balaban J connectivity index is 1.82. The minimum absolute atomic E-state index is 0.160. The highest BCUT2D eigenvalue weighted by Crippen LogP contribution is 2.18. The predicted molar refractivity (Wildman–Crippen MR) is 53.7 cm³/mol. The van der Waals surface area contributed by atoms with Crippen LogP contribution in [0.5, 0.6) is 0 Å². The Labute approximate surface area is 83.9 Å². The minimum Gasteiger partial charge on any atom is -0.392 e. The van der Waals surface area contributed by atoms with E-state index in [1.54, 1.807) is 4.68 Å². The first kappa shape index (κ1) is 9.68. The second-order valence-electron chi connectivity index (χ2n) is 4.01. The fourth-order valence-electron chi connectivity index (χ4n) is 1.99. The van der Waals surface area contributed by atoms with Crippen molar-refractivity contribution in [3.05, 3.63) is 18.0 Å². The molecule has 0 spiro atoms. The second-order valence-corrected chi connectivity index (χ2v) is 4.01. The topological polar surface area (TPSA) is 50.1 Å². The number of nitrogens with zero attached hydrogens (tertiary/aromatic N) is 2. The molecule has 1 aliphatic carbocycles. The smallest absolute Gasteiger partial charge is 0.0693 e. The Kier molecular flexibility index (Phi) is 2.84. The molecule has 14 heavy (non-hydrogen) atoms. The molecule has 1 aliphatic rings. The van der Waals surface area contributed by atoms with Gasteiger partial charge in [0, 0.05) is 31.4 Å². The lowest BCUT2D eigenvalue weighted by Gasteiger charge is -2.15. The summed E-state index contributed by atoms with van der Waals surface area (Å²) in [6.07, 6.45) is 6.84. The molecule has 1 aromatic rings. The molecule has 1 heterocycles. The Morgan fingerprint density at radius 3 is 3.07 bits per heavy atom. The minimum atomic E-state index is -0.160. The van der Waals surface area contributed by atoms with Gasteiger partial charge < -0.3 is 10.4 Å². The SMILES string of the molecule is Cn1cc(CNC2CCCC2O)cn1. The summed E-state index contributed by atoms with van der Waals surface area (Å²) in [7, 11) is 1.91. The Hall–Kier alpha value is -0.870. The van der Waals surface area contributed by atoms with Gasteiger partial charge in [0.25, 0.3) is 0 Å². The van der Waals surface area contributed by atoms with Crippen LogP contribution in [-0.2, 0) is 13.6 Å². The van der Waals surface area contributed by atoms with E-state index in [9.17, 15) is 5.11 Å². The molecule has 78 valence electrons. The van der Waals surface area contributed by atoms with Gasteiger partial charge in [0.15, 0.2) is 0 Å². The van der Waals surface area contributed by atoms with Gasteiger partial charge in [0.05, 0.1) is 12.3 Å². The summed E-state index contributed by atoms with van der Waals surface area (Å²) in [5.74, 6) is 0. The number of hydrogen-bond donors (Lipinski definition) is 2. The molecular weight excluding hydrogens is 178 g/mol. The average Bonchev–Trinajstić information content (AvgIpc) is 2.72. The number of nitrogens with one attached hydrogen (secondary N) is 1. The number of aliphatic hydroxyl groups excluding tert-OH is 1. The Morgan fingerprint density at radius 1 is 1.64 bits per heavy atom. The average molecular weight is 195 g/mol. The summed E-state index contributed by atoms with van der Waals surface area (Å²) in [4.78, 5) is 0. The molecule has 4 nitrogen and oxygen atoms in total. The van der Waals surface area contributed by atoms with Crippen molar-refractivity contribution in [1.29, 1.82) is 0 Å². The maximum atomic E-state index is 9.59. The summed E-state index contributed by atoms with van der Waals surface area (Å²) < 4.78 is 1.79. The second kappa shape index (κ2) is 4.11. The van der Waals surface area contributed by atoms with E-state index >= 15 is 0 Å². The molecule has 0 aliphatic heterocycles. The number of rotatable bonds is 3. The molecule has 1 saturated carbocycles. The quantitative estimate of drug-likeness (QED) is 0.735. The van der Waals surface area contributed by atoms with E-state index in [1.165, 1.54) is 5.56 Å². The lowest BCUT2D eigenvalue weighted by Crippen LogP contribution is -2.34. The summed E-state index contributed by atoms with van der Waals surface area (Å²) in [6.45, 7) is 0.801. The van der Waals surface area contributed by atoms with Crippen molar-refractivity contribution < 1.29 is 5.11 Å². The standard InChI is InChI=1S/C10H17N3O/c1-13-7-8(6-12-13)5-11-9-3-2-4-10(9)14/h6-7,9-11,14H,2-5H2,1H3. The maximum Gasteiger partial charge on any atom is 0.0693 e. The molecule has 2 atom stereocenters. The van der Waals surface area contributed by atoms with Crippen LogP contribution in [0.15, 0.2) is 12.4 Å². The fraction of sp³-hybridized carbons (Fsp3) is 0.700. The highest BCUT2D eigenvalue weighted by atomic mass is 16.3. The largest absolute Gasteiger partial charge is 0.392 e. The van der Waals surface area contributed by atoms with Crippen LogP contribution in [0, 0.1) is 0 Å². The molecule has 1 fully saturated rings. The third kappa shape index (κ3) is 2.13. The van der Waals surface area contributed by atoms with Crippen LogP contribution < -0.4 is 5.32 Å². The molecule has 2 unspecified atom stereocenters. The number of hydrogen-bond acceptors (Lipinski definition) is 3. The van der Waals surface area contributed by atoms with Gasteiger partial charge in [-0.2, -0.15) is 5.10 Å². The zero-order chi connectivity index (χ0) is 9.97. The zero-order valence-corrected chi connectivity index (χ0v) is 8.48. The normalized spacial score (nSPS) is 27.0. The maximum absolute atomic E-state index is 9.59. The van der Waals surface area contributed by atoms with E-state index in [1.807, 2.05) is 19.4 Å². The van der Waals surface area contributed by atoms with Crippen molar-refractivity contribution in [1.82, 2.24) is 15.1 Å². The van der Waals surface area contributed by atoms with Crippen LogP contribution in [-0.4, -0.2) is 27.0 Å². The predicted octanol–water partition coefficient (Wildman–Crippen LogP) is 0.423. The van der Waals surface area contributed by atoms with Gasteiger partial charge in [-0.25, -0.2) is 0 Å². The first-order chi connectivity index (χ1) is 6.75. The van der Waals surface area contributed by atoms with Gasteiger partial charge >= 0.3 is 0 Å². The number of aliphatic hydroxyl groups is 1. The van der Waals surface area contributed by atoms with Crippen molar-refractivity contribution in [3.8, 4) is 0 Å². The molecule has 0 aromatic carbocycles. The van der Waals surface area contributed by atoms with Crippen LogP contribution in [0.1, 0.15) is 24.8 Å². The molecule has 2 N–H and O–H groups in total. The lowest BCUT2D eigenvalue weighted by atomic mass is 10.2. The summed E-state index contributed by atoms with van der Waals surface area (Å²) >= 11 is 0. The van der Waals surface area contributed by atoms with Crippen LogP contribution in [0.4, 0.5) is 0 Å². The molecule has 0 saturated heterocycles. The summed E-state index contributed by atoms with van der Waals surface area (Å²) in [5, 5.41) is 17.0. The van der Waals surface area contributed by atoms with Gasteiger partial charge in [-0.3, -0.25) is 4.68 Å². The van der Waals surface area contributed by atoms with E-state index in [0.717, 1.165) is 25.8 Å². The molecule has 2 rings (SSSR count). The van der Waals surface area contributed by atoms with Crippen LogP contribution in [0.3, 0.4) is 0 Å². The van der Waals surface area contributed by atoms with E-state index < -0.39 is 0 Å². The van der Waals surface area contributed by atoms with Crippen LogP contribution in [0.2, 0.25) is 0 Å². The highest BCUT2D eigenvalue weighted by Gasteiger charge is 2.24.